The molecule has 2 aromatic heterocycles. The van der Waals surface area contributed by atoms with E-state index >= 15 is 0 Å². The topological polar surface area (TPSA) is 37.8 Å². The number of hydrogen-bond acceptors (Lipinski definition) is 4. The van der Waals surface area contributed by atoms with Crippen molar-refractivity contribution < 1.29 is 0 Å². The van der Waals surface area contributed by atoms with Crippen molar-refractivity contribution in [3.8, 4) is 0 Å². The average Bonchev–Trinajstić information content (AvgIpc) is 2.63. The predicted molar refractivity (Wildman–Crippen MR) is 58.4 cm³/mol. The summed E-state index contributed by atoms with van der Waals surface area (Å²) in [6.07, 6.45) is 1.78. The van der Waals surface area contributed by atoms with Crippen molar-refractivity contribution in [2.75, 3.05) is 5.32 Å². The van der Waals surface area contributed by atoms with Gasteiger partial charge >= 0.3 is 0 Å². The van der Waals surface area contributed by atoms with Gasteiger partial charge in [-0.15, -0.1) is 0 Å². The highest BCUT2D eigenvalue weighted by Gasteiger charge is 1.97. The first-order chi connectivity index (χ1) is 6.84. The summed E-state index contributed by atoms with van der Waals surface area (Å²) in [5.74, 6) is 0.901. The van der Waals surface area contributed by atoms with Crippen LogP contribution in [0.5, 0.6) is 0 Å². The quantitative estimate of drug-likeness (QED) is 0.836. The normalized spacial score (nSPS) is 10.1. The van der Waals surface area contributed by atoms with Gasteiger partial charge in [0.2, 0.25) is 0 Å². The van der Waals surface area contributed by atoms with Gasteiger partial charge in [-0.1, -0.05) is 6.07 Å². The van der Waals surface area contributed by atoms with Gasteiger partial charge in [-0.3, -0.25) is 0 Å². The fourth-order valence-electron chi connectivity index (χ4n) is 1.14. The number of nitrogens with zero attached hydrogens (tertiary/aromatic N) is 2. The maximum atomic E-state index is 4.21. The van der Waals surface area contributed by atoms with Crippen LogP contribution in [0.25, 0.3) is 0 Å². The van der Waals surface area contributed by atoms with E-state index in [0.717, 1.165) is 18.1 Å². The molecule has 0 fully saturated rings. The molecule has 0 saturated heterocycles. The summed E-state index contributed by atoms with van der Waals surface area (Å²) in [5, 5.41) is 3.23. The van der Waals surface area contributed by atoms with Crippen LogP contribution in [0.3, 0.4) is 0 Å². The van der Waals surface area contributed by atoms with E-state index in [4.69, 9.17) is 0 Å². The second kappa shape index (κ2) is 4.19. The maximum Gasteiger partial charge on any atom is 0.126 e. The van der Waals surface area contributed by atoms with E-state index in [1.54, 1.807) is 6.20 Å². The van der Waals surface area contributed by atoms with Crippen LogP contribution in [0.1, 0.15) is 10.6 Å². The van der Waals surface area contributed by atoms with Gasteiger partial charge in [-0.2, -0.15) is 4.37 Å². The van der Waals surface area contributed by atoms with E-state index in [1.165, 1.54) is 16.4 Å². The number of pyridine rings is 1. The molecule has 0 unspecified atom stereocenters. The molecule has 2 aromatic rings. The van der Waals surface area contributed by atoms with Gasteiger partial charge in [0, 0.05) is 11.1 Å². The van der Waals surface area contributed by atoms with Crippen LogP contribution in [-0.4, -0.2) is 9.36 Å². The van der Waals surface area contributed by atoms with Gasteiger partial charge in [-0.05, 0) is 36.7 Å². The maximum absolute atomic E-state index is 4.21. The number of nitrogens with one attached hydrogen (secondary N) is 1. The second-order valence-corrected chi connectivity index (χ2v) is 3.89. The zero-order valence-corrected chi connectivity index (χ0v) is 8.71. The molecule has 4 heteroatoms. The Morgan fingerprint density at radius 1 is 1.43 bits per heavy atom. The summed E-state index contributed by atoms with van der Waals surface area (Å²) < 4.78 is 4.21. The smallest absolute Gasteiger partial charge is 0.126 e. The van der Waals surface area contributed by atoms with Crippen LogP contribution < -0.4 is 5.32 Å². The van der Waals surface area contributed by atoms with E-state index in [-0.39, 0.29) is 0 Å². The van der Waals surface area contributed by atoms with Crippen LogP contribution in [0.2, 0.25) is 0 Å². The third-order valence-corrected chi connectivity index (χ3v) is 2.66. The SMILES string of the molecule is Cc1cc(CNc2ccccn2)sn1. The lowest BCUT2D eigenvalue weighted by Gasteiger charge is -2.01. The molecule has 0 spiro atoms. The largest absolute Gasteiger partial charge is 0.365 e. The summed E-state index contributed by atoms with van der Waals surface area (Å²) in [6, 6.07) is 7.91. The lowest BCUT2D eigenvalue weighted by molar-refractivity contribution is 1.14. The number of aromatic nitrogens is 2. The lowest BCUT2D eigenvalue weighted by atomic mass is 10.4. The highest BCUT2D eigenvalue weighted by Crippen LogP contribution is 2.11. The van der Waals surface area contributed by atoms with Crippen molar-refractivity contribution in [3.05, 3.63) is 41.0 Å². The van der Waals surface area contributed by atoms with Gasteiger partial charge in [0.05, 0.1) is 12.2 Å². The van der Waals surface area contributed by atoms with Crippen LogP contribution in [0, 0.1) is 6.92 Å². The van der Waals surface area contributed by atoms with Crippen molar-refractivity contribution in [1.82, 2.24) is 9.36 Å². The molecule has 3 nitrogen and oxygen atoms in total. The molecule has 0 aliphatic carbocycles. The van der Waals surface area contributed by atoms with E-state index in [1.807, 2.05) is 25.1 Å². The van der Waals surface area contributed by atoms with Crippen molar-refractivity contribution in [2.24, 2.45) is 0 Å². The molecule has 0 bridgehead atoms. The van der Waals surface area contributed by atoms with E-state index < -0.39 is 0 Å². The second-order valence-electron chi connectivity index (χ2n) is 3.00. The Hall–Kier alpha value is -1.42. The molecule has 0 amide bonds. The molecular formula is C10H11N3S. The first-order valence-corrected chi connectivity index (χ1v) is 5.19. The molecule has 0 aliphatic rings. The zero-order valence-electron chi connectivity index (χ0n) is 7.90. The van der Waals surface area contributed by atoms with E-state index in [9.17, 15) is 0 Å². The summed E-state index contributed by atoms with van der Waals surface area (Å²) >= 11 is 1.53. The van der Waals surface area contributed by atoms with Crippen LogP contribution >= 0.6 is 11.5 Å². The molecule has 72 valence electrons. The Balaban J connectivity index is 1.95. The number of hydrogen-bond donors (Lipinski definition) is 1. The summed E-state index contributed by atoms with van der Waals surface area (Å²) in [5.41, 5.74) is 1.08. The molecule has 0 saturated carbocycles. The zero-order chi connectivity index (χ0) is 9.80. The average molecular weight is 205 g/mol. The number of rotatable bonds is 3. The van der Waals surface area contributed by atoms with Crippen molar-refractivity contribution in [2.45, 2.75) is 13.5 Å². The minimum Gasteiger partial charge on any atom is -0.365 e. The minimum absolute atomic E-state index is 0.794. The van der Waals surface area contributed by atoms with Crippen molar-refractivity contribution in [3.63, 3.8) is 0 Å². The fraction of sp³-hybridized carbons (Fsp3) is 0.200. The number of anilines is 1. The molecule has 0 aliphatic heterocycles. The molecule has 0 radical (unpaired) electrons. The molecular weight excluding hydrogens is 194 g/mol. The third-order valence-electron chi connectivity index (χ3n) is 1.79. The van der Waals surface area contributed by atoms with Gasteiger partial charge in [0.1, 0.15) is 5.82 Å². The Labute approximate surface area is 87.0 Å². The monoisotopic (exact) mass is 205 g/mol. The standard InChI is InChI=1S/C10H11N3S/c1-8-6-9(14-13-8)7-12-10-4-2-3-5-11-10/h2-6H,7H2,1H3,(H,11,12). The highest BCUT2D eigenvalue weighted by molar-refractivity contribution is 7.05. The summed E-state index contributed by atoms with van der Waals surface area (Å²) in [6.45, 7) is 2.79. The molecule has 0 aromatic carbocycles. The van der Waals surface area contributed by atoms with Gasteiger partial charge in [0.15, 0.2) is 0 Å². The third kappa shape index (κ3) is 2.29. The Kier molecular flexibility index (Phi) is 2.74. The van der Waals surface area contributed by atoms with Gasteiger partial charge < -0.3 is 5.32 Å². The molecule has 0 atom stereocenters. The Bertz CT molecular complexity index is 397. The molecule has 1 N–H and O–H groups in total. The van der Waals surface area contributed by atoms with Crippen molar-refractivity contribution in [1.29, 1.82) is 0 Å². The van der Waals surface area contributed by atoms with Gasteiger partial charge in [-0.25, -0.2) is 4.98 Å². The van der Waals surface area contributed by atoms with Crippen LogP contribution in [-0.2, 0) is 6.54 Å². The van der Waals surface area contributed by atoms with E-state index in [0.29, 0.717) is 0 Å². The van der Waals surface area contributed by atoms with Crippen LogP contribution in [0.15, 0.2) is 30.5 Å². The lowest BCUT2D eigenvalue weighted by Crippen LogP contribution is -1.98. The number of aryl methyl sites for hydroxylation is 1. The highest BCUT2D eigenvalue weighted by atomic mass is 32.1. The van der Waals surface area contributed by atoms with Gasteiger partial charge in [0.25, 0.3) is 0 Å². The first kappa shape index (κ1) is 9.15. The Morgan fingerprint density at radius 2 is 2.36 bits per heavy atom. The fourth-order valence-corrected chi connectivity index (χ4v) is 1.82. The van der Waals surface area contributed by atoms with Crippen LogP contribution in [0.4, 0.5) is 5.82 Å². The molecule has 2 heterocycles. The minimum atomic E-state index is 0.794. The Morgan fingerprint density at radius 3 is 3.00 bits per heavy atom. The summed E-state index contributed by atoms with van der Waals surface area (Å²) in [7, 11) is 0. The molecule has 14 heavy (non-hydrogen) atoms. The summed E-state index contributed by atoms with van der Waals surface area (Å²) in [4.78, 5) is 5.40. The first-order valence-electron chi connectivity index (χ1n) is 4.42. The van der Waals surface area contributed by atoms with E-state index in [2.05, 4.69) is 20.7 Å². The molecule has 2 rings (SSSR count). The van der Waals surface area contributed by atoms with Crippen molar-refractivity contribution >= 4 is 17.4 Å². The predicted octanol–water partition coefficient (Wildman–Crippen LogP) is 2.46.